The van der Waals surface area contributed by atoms with E-state index in [0.29, 0.717) is 6.42 Å². The van der Waals surface area contributed by atoms with E-state index in [2.05, 4.69) is 9.84 Å². The first-order chi connectivity index (χ1) is 10.8. The summed E-state index contributed by atoms with van der Waals surface area (Å²) in [7, 11) is -1.81. The van der Waals surface area contributed by atoms with E-state index in [1.165, 1.54) is 12.0 Å². The second-order valence-electron chi connectivity index (χ2n) is 5.19. The predicted molar refractivity (Wildman–Crippen MR) is 76.3 cm³/mol. The van der Waals surface area contributed by atoms with Crippen molar-refractivity contribution in [2.45, 2.75) is 44.3 Å². The minimum Gasteiger partial charge on any atom is -0.374 e. The summed E-state index contributed by atoms with van der Waals surface area (Å²) in [4.78, 5) is 34.1. The van der Waals surface area contributed by atoms with Gasteiger partial charge in [0.1, 0.15) is 12.2 Å². The Morgan fingerprint density at radius 2 is 2.09 bits per heavy atom. The van der Waals surface area contributed by atoms with Crippen molar-refractivity contribution >= 4 is 19.8 Å². The maximum Gasteiger partial charge on any atom is 0.472 e. The van der Waals surface area contributed by atoms with Crippen LogP contribution in [0.3, 0.4) is 0 Å². The van der Waals surface area contributed by atoms with Crippen LogP contribution in [0.2, 0.25) is 0 Å². The van der Waals surface area contributed by atoms with Gasteiger partial charge in [0.15, 0.2) is 6.23 Å². The van der Waals surface area contributed by atoms with Gasteiger partial charge < -0.3 is 14.4 Å². The molecule has 2 saturated heterocycles. The summed E-state index contributed by atoms with van der Waals surface area (Å²) < 4.78 is 32.4. The topological polar surface area (TPSA) is 124 Å². The summed E-state index contributed by atoms with van der Waals surface area (Å²) in [5.41, 5.74) is 0. The number of methoxy groups -OCH3 is 1. The number of nitrogens with zero attached hydrogens (tertiary/aromatic N) is 1. The van der Waals surface area contributed by atoms with Gasteiger partial charge in [-0.25, -0.2) is 9.36 Å². The van der Waals surface area contributed by atoms with Gasteiger partial charge in [-0.15, -0.1) is 0 Å². The van der Waals surface area contributed by atoms with Crippen LogP contribution in [0.5, 0.6) is 0 Å². The van der Waals surface area contributed by atoms with E-state index in [1.807, 2.05) is 6.92 Å². The molecule has 2 aliphatic heterocycles. The highest BCUT2D eigenvalue weighted by Crippen LogP contribution is 2.47. The Hall–Kier alpha value is -1.03. The van der Waals surface area contributed by atoms with Gasteiger partial charge in [-0.05, 0) is 6.42 Å². The van der Waals surface area contributed by atoms with Crippen LogP contribution in [0.4, 0.5) is 4.79 Å². The molecule has 10 nitrogen and oxygen atoms in total. The minimum atomic E-state index is -4.25. The van der Waals surface area contributed by atoms with Crippen molar-refractivity contribution in [1.82, 2.24) is 10.2 Å². The van der Waals surface area contributed by atoms with Crippen LogP contribution in [0.15, 0.2) is 0 Å². The average molecular weight is 352 g/mol. The highest BCUT2D eigenvalue weighted by atomic mass is 31.2. The Morgan fingerprint density at radius 1 is 1.39 bits per heavy atom. The Kier molecular flexibility index (Phi) is 5.77. The van der Waals surface area contributed by atoms with E-state index in [9.17, 15) is 19.0 Å². The maximum atomic E-state index is 12.0. The van der Waals surface area contributed by atoms with Crippen LogP contribution in [0.1, 0.15) is 19.8 Å². The van der Waals surface area contributed by atoms with Gasteiger partial charge >= 0.3 is 13.9 Å². The first-order valence-electron chi connectivity index (χ1n) is 7.18. The molecule has 0 radical (unpaired) electrons. The molecule has 5 atom stereocenters. The second-order valence-corrected chi connectivity index (χ2v) is 6.70. The van der Waals surface area contributed by atoms with Gasteiger partial charge in [-0.3, -0.25) is 24.1 Å². The number of phosphoric ester groups is 1. The third-order valence-corrected chi connectivity index (χ3v) is 4.81. The molecule has 0 aromatic rings. The lowest BCUT2D eigenvalue weighted by Gasteiger charge is -2.34. The SMILES string of the molecule is CC[C@H]1O[C@@H](N2CCC(=O)NC2=O)C(OC)C1OP(=O)(O)OC. The van der Waals surface area contributed by atoms with Gasteiger partial charge in [0, 0.05) is 27.2 Å². The number of carbonyl (C=O) groups is 2. The third-order valence-electron chi connectivity index (χ3n) is 3.84. The number of imide groups is 1. The zero-order valence-corrected chi connectivity index (χ0v) is 14.0. The molecule has 3 amide bonds. The quantitative estimate of drug-likeness (QED) is 0.650. The number of phosphoric acid groups is 1. The van der Waals surface area contributed by atoms with Gasteiger partial charge in [0.25, 0.3) is 0 Å². The summed E-state index contributed by atoms with van der Waals surface area (Å²) in [5, 5.41) is 2.20. The molecule has 2 rings (SSSR count). The van der Waals surface area contributed by atoms with Crippen molar-refractivity contribution < 1.29 is 37.6 Å². The van der Waals surface area contributed by atoms with E-state index in [4.69, 9.17) is 14.0 Å². The van der Waals surface area contributed by atoms with Crippen LogP contribution in [0.25, 0.3) is 0 Å². The van der Waals surface area contributed by atoms with Crippen molar-refractivity contribution in [2.24, 2.45) is 0 Å². The molecule has 0 spiro atoms. The Bertz CT molecular complexity index is 515. The number of hydrogen-bond acceptors (Lipinski definition) is 7. The number of urea groups is 1. The van der Waals surface area contributed by atoms with Crippen LogP contribution in [-0.2, 0) is 27.9 Å². The monoisotopic (exact) mass is 352 g/mol. The van der Waals surface area contributed by atoms with Crippen molar-refractivity contribution in [3.8, 4) is 0 Å². The standard InChI is InChI=1S/C12H21N2O8P/c1-4-7-9(22-23(17,18)20-3)10(19-2)11(21-7)14-6-5-8(15)13-12(14)16/h7,9-11H,4-6H2,1-3H3,(H,17,18)(H,13,15,16)/t7-,9?,10?,11-/m1/s1. The Morgan fingerprint density at radius 3 is 2.61 bits per heavy atom. The van der Waals surface area contributed by atoms with Crippen LogP contribution < -0.4 is 5.32 Å². The lowest BCUT2D eigenvalue weighted by Crippen LogP contribution is -2.57. The number of rotatable bonds is 6. The number of carbonyl (C=O) groups excluding carboxylic acids is 2. The average Bonchev–Trinajstić information content (AvgIpc) is 2.84. The number of nitrogens with one attached hydrogen (secondary N) is 1. The van der Waals surface area contributed by atoms with Crippen molar-refractivity contribution in [1.29, 1.82) is 0 Å². The van der Waals surface area contributed by atoms with Crippen LogP contribution in [0, 0.1) is 0 Å². The third kappa shape index (κ3) is 3.90. The number of hydrogen-bond donors (Lipinski definition) is 2. The molecule has 0 bridgehead atoms. The summed E-state index contributed by atoms with van der Waals surface area (Å²) in [6, 6.07) is -0.595. The minimum absolute atomic E-state index is 0.140. The zero-order valence-electron chi connectivity index (χ0n) is 13.1. The number of ether oxygens (including phenoxy) is 2. The molecule has 0 aromatic heterocycles. The van der Waals surface area contributed by atoms with Crippen LogP contribution >= 0.6 is 7.82 Å². The molecule has 2 heterocycles. The fourth-order valence-corrected chi connectivity index (χ4v) is 3.33. The van der Waals surface area contributed by atoms with E-state index in [0.717, 1.165) is 7.11 Å². The molecule has 132 valence electrons. The van der Waals surface area contributed by atoms with E-state index in [-0.39, 0.29) is 18.9 Å². The van der Waals surface area contributed by atoms with Gasteiger partial charge in [0.05, 0.1) is 6.10 Å². The molecule has 3 unspecified atom stereocenters. The normalized spacial score (nSPS) is 34.3. The molecule has 11 heteroatoms. The molecule has 2 fully saturated rings. The fourth-order valence-electron chi connectivity index (χ4n) is 2.68. The van der Waals surface area contributed by atoms with E-state index >= 15 is 0 Å². The van der Waals surface area contributed by atoms with Crippen molar-refractivity contribution in [3.63, 3.8) is 0 Å². The molecular formula is C12H21N2O8P. The lowest BCUT2D eigenvalue weighted by atomic mass is 10.1. The van der Waals surface area contributed by atoms with Gasteiger partial charge in [-0.1, -0.05) is 6.92 Å². The van der Waals surface area contributed by atoms with Gasteiger partial charge in [-0.2, -0.15) is 0 Å². The summed E-state index contributed by atoms with van der Waals surface area (Å²) >= 11 is 0. The Labute approximate surface area is 133 Å². The molecule has 0 aliphatic carbocycles. The second kappa shape index (κ2) is 7.25. The number of amides is 3. The fraction of sp³-hybridized carbons (Fsp3) is 0.833. The smallest absolute Gasteiger partial charge is 0.374 e. The first-order valence-corrected chi connectivity index (χ1v) is 8.68. The van der Waals surface area contributed by atoms with Gasteiger partial charge in [0.2, 0.25) is 5.91 Å². The predicted octanol–water partition coefficient (Wildman–Crippen LogP) is 0.210. The maximum absolute atomic E-state index is 12.0. The highest BCUT2D eigenvalue weighted by molar-refractivity contribution is 7.47. The highest BCUT2D eigenvalue weighted by Gasteiger charge is 2.51. The van der Waals surface area contributed by atoms with Crippen LogP contribution in [-0.4, -0.2) is 67.0 Å². The lowest BCUT2D eigenvalue weighted by molar-refractivity contribution is -0.125. The first kappa shape index (κ1) is 18.3. The largest absolute Gasteiger partial charge is 0.472 e. The van der Waals surface area contributed by atoms with E-state index in [1.54, 1.807) is 0 Å². The Balaban J connectivity index is 2.20. The van der Waals surface area contributed by atoms with Crippen molar-refractivity contribution in [3.05, 3.63) is 0 Å². The molecule has 2 aliphatic rings. The molecule has 0 aromatic carbocycles. The van der Waals surface area contributed by atoms with E-state index < -0.39 is 38.4 Å². The molecule has 23 heavy (non-hydrogen) atoms. The molecule has 0 saturated carbocycles. The van der Waals surface area contributed by atoms with Crippen molar-refractivity contribution in [2.75, 3.05) is 20.8 Å². The summed E-state index contributed by atoms with van der Waals surface area (Å²) in [6.45, 7) is 1.98. The summed E-state index contributed by atoms with van der Waals surface area (Å²) in [6.07, 6.45) is -2.48. The molecular weight excluding hydrogens is 331 g/mol. The summed E-state index contributed by atoms with van der Waals surface area (Å²) in [5.74, 6) is -0.364. The molecule has 2 N–H and O–H groups in total. The zero-order chi connectivity index (χ0) is 17.2.